The largest absolute Gasteiger partial charge is 0.486 e. The van der Waals surface area contributed by atoms with E-state index in [1.54, 1.807) is 0 Å². The predicted molar refractivity (Wildman–Crippen MR) is 104 cm³/mol. The van der Waals surface area contributed by atoms with Gasteiger partial charge in [-0.25, -0.2) is 4.98 Å². The maximum atomic E-state index is 12.5. The van der Waals surface area contributed by atoms with Gasteiger partial charge >= 0.3 is 0 Å². The molecule has 8 heteroatoms. The van der Waals surface area contributed by atoms with Gasteiger partial charge in [0, 0.05) is 16.9 Å². The summed E-state index contributed by atoms with van der Waals surface area (Å²) in [5.74, 6) is 1.83. The van der Waals surface area contributed by atoms with Crippen molar-refractivity contribution in [2.24, 2.45) is 17.6 Å². The molecule has 0 spiro atoms. The molecule has 1 saturated carbocycles. The summed E-state index contributed by atoms with van der Waals surface area (Å²) in [6.07, 6.45) is 3.02. The maximum absolute atomic E-state index is 12.5. The van der Waals surface area contributed by atoms with Crippen LogP contribution in [0.2, 0.25) is 0 Å². The number of hydrogen-bond donors (Lipinski definition) is 2. The van der Waals surface area contributed by atoms with Gasteiger partial charge in [-0.15, -0.1) is 23.7 Å². The van der Waals surface area contributed by atoms with E-state index in [4.69, 9.17) is 15.2 Å². The third-order valence-electron chi connectivity index (χ3n) is 4.87. The Balaban J connectivity index is 0.00000196. The summed E-state index contributed by atoms with van der Waals surface area (Å²) in [6, 6.07) is 5.78. The van der Waals surface area contributed by atoms with Gasteiger partial charge in [0.15, 0.2) is 16.6 Å². The lowest BCUT2D eigenvalue weighted by molar-refractivity contribution is -0.120. The number of fused-ring (bicyclic) bond motifs is 1. The minimum Gasteiger partial charge on any atom is -0.486 e. The Hall–Kier alpha value is -1.83. The molecule has 2 heterocycles. The number of halogens is 1. The fraction of sp³-hybridized carbons (Fsp3) is 0.444. The Labute approximate surface area is 162 Å². The number of hydrogen-bond acceptors (Lipinski definition) is 6. The van der Waals surface area contributed by atoms with Gasteiger partial charge in [-0.3, -0.25) is 4.79 Å². The number of nitrogens with one attached hydrogen (secondary N) is 1. The van der Waals surface area contributed by atoms with Crippen LogP contribution in [-0.2, 0) is 4.79 Å². The van der Waals surface area contributed by atoms with E-state index in [-0.39, 0.29) is 30.2 Å². The van der Waals surface area contributed by atoms with Crippen molar-refractivity contribution in [2.45, 2.75) is 19.3 Å². The summed E-state index contributed by atoms with van der Waals surface area (Å²) < 4.78 is 11.2. The highest BCUT2D eigenvalue weighted by Crippen LogP contribution is 2.36. The van der Waals surface area contributed by atoms with Gasteiger partial charge in [0.05, 0.1) is 5.69 Å². The predicted octanol–water partition coefficient (Wildman–Crippen LogP) is 3.32. The zero-order valence-electron chi connectivity index (χ0n) is 14.3. The van der Waals surface area contributed by atoms with E-state index in [9.17, 15) is 4.79 Å². The van der Waals surface area contributed by atoms with Gasteiger partial charge in [0.1, 0.15) is 13.2 Å². The smallest absolute Gasteiger partial charge is 0.229 e. The summed E-state index contributed by atoms with van der Waals surface area (Å²) >= 11 is 1.43. The number of thiazole rings is 1. The summed E-state index contributed by atoms with van der Waals surface area (Å²) in [6.45, 7) is 1.70. The normalized spacial score (nSPS) is 21.1. The molecule has 1 aromatic heterocycles. The van der Waals surface area contributed by atoms with Crippen LogP contribution in [0.5, 0.6) is 11.5 Å². The standard InChI is InChI=1S/C18H21N3O3S.ClH/c19-9-12-2-1-3-13(12)17(22)21-18-20-14(10-25-18)11-4-5-15-16(8-11)24-7-6-23-15;/h4-5,8,10,12-13H,1-3,6-7,9,19H2,(H,20,21,22);1H/t12-,13-;/m1./s1. The van der Waals surface area contributed by atoms with Crippen LogP contribution in [0.15, 0.2) is 23.6 Å². The molecule has 3 N–H and O–H groups in total. The number of rotatable bonds is 4. The fourth-order valence-corrected chi connectivity index (χ4v) is 4.25. The Bertz CT molecular complexity index is 783. The third-order valence-corrected chi connectivity index (χ3v) is 5.63. The molecule has 0 saturated heterocycles. The lowest BCUT2D eigenvalue weighted by Crippen LogP contribution is -2.29. The van der Waals surface area contributed by atoms with Crippen LogP contribution in [0.3, 0.4) is 0 Å². The van der Waals surface area contributed by atoms with Gasteiger partial charge < -0.3 is 20.5 Å². The number of anilines is 1. The lowest BCUT2D eigenvalue weighted by atomic mass is 9.95. The van der Waals surface area contributed by atoms with Crippen molar-refractivity contribution in [2.75, 3.05) is 25.1 Å². The molecular weight excluding hydrogens is 374 g/mol. The zero-order chi connectivity index (χ0) is 17.2. The highest BCUT2D eigenvalue weighted by molar-refractivity contribution is 7.14. The van der Waals surface area contributed by atoms with Gasteiger partial charge in [0.2, 0.25) is 5.91 Å². The Kier molecular flexibility index (Phi) is 6.01. The fourth-order valence-electron chi connectivity index (χ4n) is 3.53. The Morgan fingerprint density at radius 3 is 2.88 bits per heavy atom. The first-order chi connectivity index (χ1) is 12.2. The van der Waals surface area contributed by atoms with Crippen LogP contribution < -0.4 is 20.5 Å². The number of benzene rings is 1. The summed E-state index contributed by atoms with van der Waals surface area (Å²) in [4.78, 5) is 17.0. The number of nitrogens with zero attached hydrogens (tertiary/aromatic N) is 1. The first-order valence-corrected chi connectivity index (χ1v) is 9.49. The molecule has 1 aliphatic carbocycles. The van der Waals surface area contributed by atoms with Gasteiger partial charge in [-0.1, -0.05) is 6.42 Å². The van der Waals surface area contributed by atoms with Crippen molar-refractivity contribution in [3.63, 3.8) is 0 Å². The average Bonchev–Trinajstić information content (AvgIpc) is 3.30. The molecule has 1 amide bonds. The number of carbonyl (C=O) groups excluding carboxylic acids is 1. The molecule has 26 heavy (non-hydrogen) atoms. The molecule has 2 aliphatic rings. The van der Waals surface area contributed by atoms with Crippen LogP contribution in [0.4, 0.5) is 5.13 Å². The van der Waals surface area contributed by atoms with Crippen LogP contribution in [0, 0.1) is 11.8 Å². The molecule has 140 valence electrons. The van der Waals surface area contributed by atoms with E-state index in [1.165, 1.54) is 11.3 Å². The first kappa shape index (κ1) is 18.9. The van der Waals surface area contributed by atoms with Crippen molar-refractivity contribution in [1.29, 1.82) is 0 Å². The average molecular weight is 396 g/mol. The Morgan fingerprint density at radius 2 is 2.08 bits per heavy atom. The second-order valence-electron chi connectivity index (χ2n) is 6.42. The molecule has 4 rings (SSSR count). The van der Waals surface area contributed by atoms with Crippen molar-refractivity contribution < 1.29 is 14.3 Å². The van der Waals surface area contributed by atoms with Gasteiger partial charge in [-0.2, -0.15) is 0 Å². The molecule has 2 aromatic rings. The summed E-state index contributed by atoms with van der Waals surface area (Å²) in [5, 5.41) is 5.52. The molecule has 1 aliphatic heterocycles. The molecule has 2 atom stereocenters. The Morgan fingerprint density at radius 1 is 1.27 bits per heavy atom. The monoisotopic (exact) mass is 395 g/mol. The van der Waals surface area contributed by atoms with Crippen LogP contribution in [-0.4, -0.2) is 30.6 Å². The van der Waals surface area contributed by atoms with Crippen molar-refractivity contribution in [1.82, 2.24) is 4.98 Å². The molecule has 1 aromatic carbocycles. The van der Waals surface area contributed by atoms with E-state index < -0.39 is 0 Å². The minimum atomic E-state index is 0. The van der Waals surface area contributed by atoms with Crippen LogP contribution >= 0.6 is 23.7 Å². The van der Waals surface area contributed by atoms with Crippen molar-refractivity contribution >= 4 is 34.8 Å². The summed E-state index contributed by atoms with van der Waals surface area (Å²) in [5.41, 5.74) is 7.54. The van der Waals surface area contributed by atoms with Crippen LogP contribution in [0.25, 0.3) is 11.3 Å². The number of carbonyl (C=O) groups is 1. The lowest BCUT2D eigenvalue weighted by Gasteiger charge is -2.18. The highest BCUT2D eigenvalue weighted by Gasteiger charge is 2.32. The second kappa shape index (κ2) is 8.24. The van der Waals surface area contributed by atoms with E-state index in [0.29, 0.717) is 24.9 Å². The first-order valence-electron chi connectivity index (χ1n) is 8.61. The third kappa shape index (κ3) is 3.79. The van der Waals surface area contributed by atoms with E-state index >= 15 is 0 Å². The number of nitrogens with two attached hydrogens (primary N) is 1. The summed E-state index contributed by atoms with van der Waals surface area (Å²) in [7, 11) is 0. The molecule has 0 radical (unpaired) electrons. The van der Waals surface area contributed by atoms with E-state index in [2.05, 4.69) is 10.3 Å². The number of ether oxygens (including phenoxy) is 2. The molecule has 6 nitrogen and oxygen atoms in total. The van der Waals surface area contributed by atoms with Gasteiger partial charge in [0.25, 0.3) is 0 Å². The minimum absolute atomic E-state index is 0. The van der Waals surface area contributed by atoms with Crippen molar-refractivity contribution in [3.05, 3.63) is 23.6 Å². The second-order valence-corrected chi connectivity index (χ2v) is 7.28. The SMILES string of the molecule is Cl.NC[C@H]1CCC[C@H]1C(=O)Nc1nc(-c2ccc3c(c2)OCCO3)cs1. The number of aromatic nitrogens is 1. The molecule has 0 bridgehead atoms. The number of amides is 1. The molecular formula is C18H22ClN3O3S. The maximum Gasteiger partial charge on any atom is 0.229 e. The van der Waals surface area contributed by atoms with Crippen LogP contribution in [0.1, 0.15) is 19.3 Å². The van der Waals surface area contributed by atoms with Gasteiger partial charge in [-0.05, 0) is 43.5 Å². The molecule has 0 unspecified atom stereocenters. The highest BCUT2D eigenvalue weighted by atomic mass is 35.5. The molecule has 1 fully saturated rings. The zero-order valence-corrected chi connectivity index (χ0v) is 15.9. The van der Waals surface area contributed by atoms with Crippen molar-refractivity contribution in [3.8, 4) is 22.8 Å². The van der Waals surface area contributed by atoms with E-state index in [0.717, 1.165) is 42.0 Å². The topological polar surface area (TPSA) is 86.5 Å². The van der Waals surface area contributed by atoms with E-state index in [1.807, 2.05) is 23.6 Å². The quantitative estimate of drug-likeness (QED) is 0.829.